The molecule has 0 aromatic carbocycles. The van der Waals surface area contributed by atoms with Crippen LogP contribution in [0.4, 0.5) is 11.4 Å². The summed E-state index contributed by atoms with van der Waals surface area (Å²) < 4.78 is 0. The summed E-state index contributed by atoms with van der Waals surface area (Å²) in [6, 6.07) is 0.0594. The van der Waals surface area contributed by atoms with Crippen LogP contribution in [0.5, 0.6) is 0 Å². The summed E-state index contributed by atoms with van der Waals surface area (Å²) in [5.74, 6) is -1.03. The average molecular weight is 240 g/mol. The molecular weight excluding hydrogens is 228 g/mol. The highest BCUT2D eigenvalue weighted by Gasteiger charge is 2.29. The molecule has 6 heteroatoms. The van der Waals surface area contributed by atoms with Crippen molar-refractivity contribution in [2.45, 2.75) is 19.9 Å². The molecule has 0 radical (unpaired) electrons. The lowest BCUT2D eigenvalue weighted by atomic mass is 10.1. The van der Waals surface area contributed by atoms with E-state index in [2.05, 4.69) is 5.32 Å². The smallest absolute Gasteiger partial charge is 0.348 e. The van der Waals surface area contributed by atoms with Crippen LogP contribution in [0.25, 0.3) is 0 Å². The van der Waals surface area contributed by atoms with Crippen LogP contribution in [-0.2, 0) is 4.79 Å². The highest BCUT2D eigenvalue weighted by atomic mass is 32.1. The van der Waals surface area contributed by atoms with E-state index in [4.69, 9.17) is 5.11 Å². The zero-order chi connectivity index (χ0) is 11.9. The fourth-order valence-electron chi connectivity index (χ4n) is 1.81. The minimum Gasteiger partial charge on any atom is -0.477 e. The van der Waals surface area contributed by atoms with Crippen molar-refractivity contribution in [2.24, 2.45) is 0 Å². The van der Waals surface area contributed by atoms with Gasteiger partial charge in [0.2, 0.25) is 5.91 Å². The molecule has 0 fully saturated rings. The molecule has 2 rings (SSSR count). The molecule has 5 nitrogen and oxygen atoms in total. The fraction of sp³-hybridized carbons (Fsp3) is 0.400. The molecule has 1 aromatic heterocycles. The van der Waals surface area contributed by atoms with E-state index >= 15 is 0 Å². The Hall–Kier alpha value is -1.56. The first-order chi connectivity index (χ1) is 7.50. The first-order valence-electron chi connectivity index (χ1n) is 4.90. The van der Waals surface area contributed by atoms with Crippen LogP contribution in [-0.4, -0.2) is 29.6 Å². The Kier molecular flexibility index (Phi) is 2.59. The van der Waals surface area contributed by atoms with Crippen molar-refractivity contribution >= 4 is 34.6 Å². The van der Waals surface area contributed by atoms with Crippen LogP contribution < -0.4 is 10.2 Å². The van der Waals surface area contributed by atoms with Crippen molar-refractivity contribution in [3.05, 3.63) is 10.3 Å². The molecule has 0 bridgehead atoms. The third kappa shape index (κ3) is 1.65. The number of hydrogen-bond acceptors (Lipinski definition) is 4. The van der Waals surface area contributed by atoms with Crippen molar-refractivity contribution in [2.75, 3.05) is 16.8 Å². The van der Waals surface area contributed by atoms with Crippen molar-refractivity contribution in [3.8, 4) is 0 Å². The summed E-state index contributed by atoms with van der Waals surface area (Å²) in [6.45, 7) is 3.97. The second-order valence-electron chi connectivity index (χ2n) is 3.81. The molecule has 1 aliphatic heterocycles. The number of hydrogen-bond donors (Lipinski definition) is 2. The van der Waals surface area contributed by atoms with E-state index in [0.717, 1.165) is 11.3 Å². The number of aromatic carboxylic acids is 1. The number of thiophene rings is 1. The van der Waals surface area contributed by atoms with Gasteiger partial charge in [0.25, 0.3) is 0 Å². The quantitative estimate of drug-likeness (QED) is 0.782. The average Bonchev–Trinajstić information content (AvgIpc) is 2.59. The van der Waals surface area contributed by atoms with Gasteiger partial charge in [-0.3, -0.25) is 4.79 Å². The molecule has 1 aromatic rings. The van der Waals surface area contributed by atoms with E-state index in [9.17, 15) is 9.59 Å². The predicted octanol–water partition coefficient (Wildman–Crippen LogP) is 1.61. The van der Waals surface area contributed by atoms with E-state index < -0.39 is 5.97 Å². The molecule has 1 amide bonds. The van der Waals surface area contributed by atoms with Gasteiger partial charge in [0.05, 0.1) is 11.4 Å². The lowest BCUT2D eigenvalue weighted by Crippen LogP contribution is -2.42. The molecular formula is C10H12N2O3S. The molecule has 1 atom stereocenters. The van der Waals surface area contributed by atoms with Crippen LogP contribution in [0.15, 0.2) is 5.38 Å². The molecule has 0 aliphatic carbocycles. The van der Waals surface area contributed by atoms with Crippen molar-refractivity contribution in [1.82, 2.24) is 0 Å². The monoisotopic (exact) mass is 240 g/mol. The van der Waals surface area contributed by atoms with Crippen LogP contribution in [0.3, 0.4) is 0 Å². The Bertz CT molecular complexity index is 455. The number of carbonyl (C=O) groups excluding carboxylic acids is 1. The standard InChI is InChI=1S/C10H12N2O3S/c1-5-3-12(6(2)13)7-4-16-9(10(14)15)8(7)11-5/h4-5,11H,3H2,1-2H3,(H,14,15). The Morgan fingerprint density at radius 2 is 2.31 bits per heavy atom. The largest absolute Gasteiger partial charge is 0.477 e. The lowest BCUT2D eigenvalue weighted by Gasteiger charge is -2.32. The third-order valence-electron chi connectivity index (χ3n) is 2.48. The minimum atomic E-state index is -0.962. The normalized spacial score (nSPS) is 18.9. The number of anilines is 2. The minimum absolute atomic E-state index is 0.0594. The van der Waals surface area contributed by atoms with Gasteiger partial charge >= 0.3 is 5.97 Å². The zero-order valence-electron chi connectivity index (χ0n) is 8.98. The fourth-order valence-corrected chi connectivity index (χ4v) is 2.66. The van der Waals surface area contributed by atoms with Gasteiger partial charge < -0.3 is 15.3 Å². The zero-order valence-corrected chi connectivity index (χ0v) is 9.80. The third-order valence-corrected chi connectivity index (χ3v) is 3.44. The first-order valence-corrected chi connectivity index (χ1v) is 5.78. The number of rotatable bonds is 1. The number of carboxylic acid groups (broad SMARTS) is 1. The van der Waals surface area contributed by atoms with Crippen LogP contribution >= 0.6 is 11.3 Å². The van der Waals surface area contributed by atoms with Gasteiger partial charge in [-0.1, -0.05) is 0 Å². The van der Waals surface area contributed by atoms with E-state index in [1.165, 1.54) is 6.92 Å². The maximum absolute atomic E-state index is 11.4. The molecule has 16 heavy (non-hydrogen) atoms. The molecule has 2 heterocycles. The summed E-state index contributed by atoms with van der Waals surface area (Å²) in [7, 11) is 0. The molecule has 0 saturated heterocycles. The molecule has 86 valence electrons. The van der Waals surface area contributed by atoms with Gasteiger partial charge in [0.1, 0.15) is 4.88 Å². The molecule has 0 saturated carbocycles. The van der Waals surface area contributed by atoms with Crippen LogP contribution in [0, 0.1) is 0 Å². The summed E-state index contributed by atoms with van der Waals surface area (Å²) in [5.41, 5.74) is 1.24. The Balaban J connectivity index is 2.49. The van der Waals surface area contributed by atoms with Gasteiger partial charge in [0, 0.05) is 24.9 Å². The molecule has 2 N–H and O–H groups in total. The number of nitrogens with zero attached hydrogens (tertiary/aromatic N) is 1. The van der Waals surface area contributed by atoms with Gasteiger partial charge in [-0.05, 0) is 6.92 Å². The summed E-state index contributed by atoms with van der Waals surface area (Å²) in [6.07, 6.45) is 0. The maximum Gasteiger partial charge on any atom is 0.348 e. The Morgan fingerprint density at radius 3 is 2.88 bits per heavy atom. The number of fused-ring (bicyclic) bond motifs is 1. The van der Waals surface area contributed by atoms with Crippen LogP contribution in [0.1, 0.15) is 23.5 Å². The van der Waals surface area contributed by atoms with Crippen molar-refractivity contribution < 1.29 is 14.7 Å². The number of carboxylic acids is 1. The SMILES string of the molecule is CC(=O)N1CC(C)Nc2c1csc2C(=O)O. The molecule has 1 aliphatic rings. The summed E-state index contributed by atoms with van der Waals surface area (Å²) in [5, 5.41) is 13.8. The van der Waals surface area contributed by atoms with E-state index in [1.54, 1.807) is 10.3 Å². The summed E-state index contributed by atoms with van der Waals surface area (Å²) in [4.78, 5) is 24.3. The highest BCUT2D eigenvalue weighted by Crippen LogP contribution is 2.39. The van der Waals surface area contributed by atoms with E-state index in [-0.39, 0.29) is 16.8 Å². The van der Waals surface area contributed by atoms with E-state index in [1.807, 2.05) is 6.92 Å². The number of nitrogens with one attached hydrogen (secondary N) is 1. The Morgan fingerprint density at radius 1 is 1.62 bits per heavy atom. The highest BCUT2D eigenvalue weighted by molar-refractivity contribution is 7.13. The van der Waals surface area contributed by atoms with E-state index in [0.29, 0.717) is 17.9 Å². The number of amides is 1. The van der Waals surface area contributed by atoms with Crippen molar-refractivity contribution in [3.63, 3.8) is 0 Å². The van der Waals surface area contributed by atoms with Crippen molar-refractivity contribution in [1.29, 1.82) is 0 Å². The van der Waals surface area contributed by atoms with Gasteiger partial charge in [-0.15, -0.1) is 11.3 Å². The maximum atomic E-state index is 11.4. The second kappa shape index (κ2) is 3.79. The topological polar surface area (TPSA) is 69.6 Å². The molecule has 1 unspecified atom stereocenters. The molecule has 0 spiro atoms. The first kappa shape index (κ1) is 10.9. The van der Waals surface area contributed by atoms with Gasteiger partial charge in [-0.2, -0.15) is 0 Å². The lowest BCUT2D eigenvalue weighted by molar-refractivity contribution is -0.116. The van der Waals surface area contributed by atoms with Gasteiger partial charge in [0.15, 0.2) is 0 Å². The summed E-state index contributed by atoms with van der Waals surface area (Å²) >= 11 is 1.14. The van der Waals surface area contributed by atoms with Gasteiger partial charge in [-0.25, -0.2) is 4.79 Å². The number of carbonyl (C=O) groups is 2. The Labute approximate surface area is 96.7 Å². The second-order valence-corrected chi connectivity index (χ2v) is 4.68. The predicted molar refractivity (Wildman–Crippen MR) is 62.4 cm³/mol. The van der Waals surface area contributed by atoms with Crippen LogP contribution in [0.2, 0.25) is 0 Å².